The summed E-state index contributed by atoms with van der Waals surface area (Å²) in [6, 6.07) is 9.44. The summed E-state index contributed by atoms with van der Waals surface area (Å²) in [7, 11) is 5.80. The van der Waals surface area contributed by atoms with Gasteiger partial charge in [0.25, 0.3) is 5.91 Å². The molecular formula is C24H32N6O3. The van der Waals surface area contributed by atoms with E-state index in [0.29, 0.717) is 25.1 Å². The number of carbonyl (C=O) groups excluding carboxylic acids is 2. The normalized spacial score (nSPS) is 22.1. The molecule has 0 spiro atoms. The Morgan fingerprint density at radius 2 is 1.91 bits per heavy atom. The second-order valence-electron chi connectivity index (χ2n) is 8.98. The smallest absolute Gasteiger partial charge is 0.253 e. The monoisotopic (exact) mass is 452 g/mol. The number of likely N-dealkylation sites (tertiary alicyclic amines) is 1. The van der Waals surface area contributed by atoms with E-state index >= 15 is 0 Å². The van der Waals surface area contributed by atoms with E-state index in [1.807, 2.05) is 49.3 Å². The van der Waals surface area contributed by atoms with Crippen molar-refractivity contribution in [3.05, 3.63) is 59.7 Å². The minimum atomic E-state index is -0.525. The average Bonchev–Trinajstić information content (AvgIpc) is 2.82. The van der Waals surface area contributed by atoms with Crippen LogP contribution < -0.4 is 5.32 Å². The average molecular weight is 453 g/mol. The summed E-state index contributed by atoms with van der Waals surface area (Å²) in [5.41, 5.74) is 2.67. The lowest BCUT2D eigenvalue weighted by Gasteiger charge is -2.41. The van der Waals surface area contributed by atoms with Crippen LogP contribution in [0.5, 0.6) is 0 Å². The van der Waals surface area contributed by atoms with Gasteiger partial charge in [-0.05, 0) is 50.7 Å². The van der Waals surface area contributed by atoms with Crippen molar-refractivity contribution >= 4 is 11.8 Å². The van der Waals surface area contributed by atoms with E-state index in [1.165, 1.54) is 11.9 Å². The third-order valence-corrected chi connectivity index (χ3v) is 6.18. The van der Waals surface area contributed by atoms with Crippen LogP contribution in [0, 0.1) is 0 Å². The molecule has 2 saturated heterocycles. The lowest BCUT2D eigenvalue weighted by atomic mass is 10.0. The van der Waals surface area contributed by atoms with Crippen molar-refractivity contribution in [3.63, 3.8) is 0 Å². The second-order valence-corrected chi connectivity index (χ2v) is 8.98. The number of nitrogens with one attached hydrogen (secondary N) is 1. The Balaban J connectivity index is 1.31. The Bertz CT molecular complexity index is 944. The van der Waals surface area contributed by atoms with Crippen LogP contribution in [-0.2, 0) is 16.1 Å². The fourth-order valence-corrected chi connectivity index (χ4v) is 4.30. The minimum absolute atomic E-state index is 0.00712. The molecule has 176 valence electrons. The second kappa shape index (κ2) is 10.4. The van der Waals surface area contributed by atoms with Crippen molar-refractivity contribution < 1.29 is 14.3 Å². The quantitative estimate of drug-likeness (QED) is 0.712. The van der Waals surface area contributed by atoms with E-state index in [1.54, 1.807) is 18.1 Å². The first-order valence-corrected chi connectivity index (χ1v) is 11.4. The molecule has 1 aromatic heterocycles. The van der Waals surface area contributed by atoms with Gasteiger partial charge in [0.2, 0.25) is 5.91 Å². The fraction of sp³-hybridized carbons (Fsp3) is 0.500. The number of carbonyl (C=O) groups is 2. The van der Waals surface area contributed by atoms with Crippen molar-refractivity contribution in [1.29, 1.82) is 0 Å². The van der Waals surface area contributed by atoms with E-state index in [0.717, 1.165) is 25.1 Å². The van der Waals surface area contributed by atoms with Gasteiger partial charge in [0.05, 0.1) is 17.8 Å². The van der Waals surface area contributed by atoms with Crippen LogP contribution >= 0.6 is 0 Å². The maximum absolute atomic E-state index is 12.9. The molecule has 2 atom stereocenters. The molecule has 2 unspecified atom stereocenters. The summed E-state index contributed by atoms with van der Waals surface area (Å²) in [5, 5.41) is 3.38. The largest absolute Gasteiger partial charge is 0.341 e. The Morgan fingerprint density at radius 1 is 1.18 bits per heavy atom. The van der Waals surface area contributed by atoms with Gasteiger partial charge >= 0.3 is 0 Å². The number of rotatable bonds is 6. The van der Waals surface area contributed by atoms with Gasteiger partial charge in [-0.25, -0.2) is 9.97 Å². The number of piperidine rings is 1. The van der Waals surface area contributed by atoms with Gasteiger partial charge in [-0.2, -0.15) is 0 Å². The molecule has 0 radical (unpaired) electrons. The van der Waals surface area contributed by atoms with E-state index in [9.17, 15) is 9.59 Å². The summed E-state index contributed by atoms with van der Waals surface area (Å²) in [5.74, 6) is 0.0597. The number of hydrogen-bond acceptors (Lipinski definition) is 7. The van der Waals surface area contributed by atoms with E-state index < -0.39 is 6.35 Å². The molecule has 1 aromatic carbocycles. The predicted octanol–water partition coefficient (Wildman–Crippen LogP) is 1.64. The van der Waals surface area contributed by atoms with Crippen molar-refractivity contribution in [2.24, 2.45) is 0 Å². The maximum Gasteiger partial charge on any atom is 0.253 e. The Morgan fingerprint density at radius 3 is 2.55 bits per heavy atom. The summed E-state index contributed by atoms with van der Waals surface area (Å²) < 4.78 is 6.26. The van der Waals surface area contributed by atoms with Gasteiger partial charge in [0.1, 0.15) is 6.33 Å². The van der Waals surface area contributed by atoms with Gasteiger partial charge < -0.3 is 19.4 Å². The highest BCUT2D eigenvalue weighted by atomic mass is 16.5. The molecule has 0 aliphatic carbocycles. The predicted molar refractivity (Wildman–Crippen MR) is 123 cm³/mol. The molecule has 2 amide bonds. The molecule has 0 bridgehead atoms. The van der Waals surface area contributed by atoms with Crippen LogP contribution in [0.15, 0.2) is 42.9 Å². The highest BCUT2D eigenvalue weighted by molar-refractivity contribution is 5.94. The highest BCUT2D eigenvalue weighted by Crippen LogP contribution is 2.25. The third kappa shape index (κ3) is 5.73. The number of hydrogen-bond donors (Lipinski definition) is 1. The Labute approximate surface area is 194 Å². The molecule has 2 aromatic rings. The molecule has 2 fully saturated rings. The van der Waals surface area contributed by atoms with E-state index in [2.05, 4.69) is 20.2 Å². The van der Waals surface area contributed by atoms with Gasteiger partial charge in [-0.1, -0.05) is 12.1 Å². The molecule has 2 aliphatic rings. The number of benzene rings is 1. The lowest BCUT2D eigenvalue weighted by Crippen LogP contribution is -2.56. The standard InChI is InChI=1S/C24H32N6O3/c1-28(2)15-17-4-6-18(7-5-17)23(32)30-12-9-19(10-13-30)33-24-27-21(14-22(31)29(24)3)20-8-11-25-16-26-20/h4-8,11,16,19,21,24,27H,9-10,12-15H2,1-3H3. The summed E-state index contributed by atoms with van der Waals surface area (Å²) in [6.45, 7) is 2.10. The topological polar surface area (TPSA) is 90.9 Å². The fourth-order valence-electron chi connectivity index (χ4n) is 4.30. The zero-order valence-electron chi connectivity index (χ0n) is 19.5. The number of nitrogens with zero attached hydrogens (tertiary/aromatic N) is 5. The zero-order chi connectivity index (χ0) is 23.4. The minimum Gasteiger partial charge on any atom is -0.341 e. The molecule has 9 nitrogen and oxygen atoms in total. The number of ether oxygens (including phenoxy) is 1. The molecule has 1 N–H and O–H groups in total. The third-order valence-electron chi connectivity index (χ3n) is 6.18. The Kier molecular flexibility index (Phi) is 7.32. The molecule has 0 saturated carbocycles. The van der Waals surface area contributed by atoms with Crippen LogP contribution in [0.2, 0.25) is 0 Å². The van der Waals surface area contributed by atoms with Crippen LogP contribution in [0.3, 0.4) is 0 Å². The maximum atomic E-state index is 12.9. The first-order chi connectivity index (χ1) is 15.9. The van der Waals surface area contributed by atoms with Crippen LogP contribution in [0.4, 0.5) is 0 Å². The Hall–Kier alpha value is -2.88. The summed E-state index contributed by atoms with van der Waals surface area (Å²) in [4.78, 5) is 39.2. The SMILES string of the molecule is CN(C)Cc1ccc(C(=O)N2CCC(OC3NC(c4ccncn4)CC(=O)N3C)CC2)cc1. The van der Waals surface area contributed by atoms with Crippen LogP contribution in [0.25, 0.3) is 0 Å². The van der Waals surface area contributed by atoms with Gasteiger partial charge in [0, 0.05) is 44.9 Å². The summed E-state index contributed by atoms with van der Waals surface area (Å²) in [6.07, 6.45) is 4.37. The number of amides is 2. The van der Waals surface area contributed by atoms with Crippen LogP contribution in [-0.4, -0.2) is 83.2 Å². The highest BCUT2D eigenvalue weighted by Gasteiger charge is 2.35. The van der Waals surface area contributed by atoms with Crippen molar-refractivity contribution in [1.82, 2.24) is 30.0 Å². The first-order valence-electron chi connectivity index (χ1n) is 11.4. The molecule has 2 aliphatic heterocycles. The molecule has 9 heteroatoms. The lowest BCUT2D eigenvalue weighted by molar-refractivity contribution is -0.169. The van der Waals surface area contributed by atoms with Crippen molar-refractivity contribution in [2.45, 2.75) is 44.3 Å². The molecule has 3 heterocycles. The van der Waals surface area contributed by atoms with Gasteiger partial charge in [0.15, 0.2) is 6.35 Å². The van der Waals surface area contributed by atoms with Crippen LogP contribution in [0.1, 0.15) is 46.9 Å². The van der Waals surface area contributed by atoms with E-state index in [4.69, 9.17) is 4.74 Å². The van der Waals surface area contributed by atoms with Crippen molar-refractivity contribution in [2.75, 3.05) is 34.2 Å². The van der Waals surface area contributed by atoms with E-state index in [-0.39, 0.29) is 24.0 Å². The van der Waals surface area contributed by atoms with Gasteiger partial charge in [-0.3, -0.25) is 14.9 Å². The molecule has 4 rings (SSSR count). The molecular weight excluding hydrogens is 420 g/mol. The van der Waals surface area contributed by atoms with Gasteiger partial charge in [-0.15, -0.1) is 0 Å². The number of aromatic nitrogens is 2. The summed E-state index contributed by atoms with van der Waals surface area (Å²) >= 11 is 0. The molecule has 33 heavy (non-hydrogen) atoms. The van der Waals surface area contributed by atoms with Crippen molar-refractivity contribution in [3.8, 4) is 0 Å². The zero-order valence-corrected chi connectivity index (χ0v) is 19.5. The first kappa shape index (κ1) is 23.3.